The number of hydrogen-bond acceptors (Lipinski definition) is 3. The van der Waals surface area contributed by atoms with Crippen molar-refractivity contribution < 1.29 is 9.59 Å². The van der Waals surface area contributed by atoms with Crippen LogP contribution in [0.1, 0.15) is 48.0 Å². The van der Waals surface area contributed by atoms with Crippen LogP contribution in [0.15, 0.2) is 24.3 Å². The predicted molar refractivity (Wildman–Crippen MR) is 89.1 cm³/mol. The normalized spacial score (nSPS) is 15.0. The fraction of sp³-hybridized carbons (Fsp3) is 0.438. The van der Waals surface area contributed by atoms with Crippen LogP contribution in [0.4, 0.5) is 0 Å². The molecule has 6 heteroatoms. The van der Waals surface area contributed by atoms with Gasteiger partial charge in [0.05, 0.1) is 0 Å². The van der Waals surface area contributed by atoms with Crippen molar-refractivity contribution in [3.05, 3.63) is 35.4 Å². The minimum Gasteiger partial charge on any atom is -0.302 e. The highest BCUT2D eigenvalue weighted by atomic mass is 32.1. The highest BCUT2D eigenvalue weighted by molar-refractivity contribution is 7.80. The number of carbonyl (C=O) groups is 2. The minimum absolute atomic E-state index is 0.0290. The van der Waals surface area contributed by atoms with Crippen LogP contribution < -0.4 is 16.2 Å². The van der Waals surface area contributed by atoms with Crippen LogP contribution in [-0.2, 0) is 4.79 Å². The van der Waals surface area contributed by atoms with Crippen molar-refractivity contribution in [2.45, 2.75) is 39.0 Å². The summed E-state index contributed by atoms with van der Waals surface area (Å²) in [6.45, 7) is 1.95. The Morgan fingerprint density at radius 2 is 1.68 bits per heavy atom. The van der Waals surface area contributed by atoms with Gasteiger partial charge in [-0.05, 0) is 44.1 Å². The molecule has 0 aromatic heterocycles. The third-order valence-corrected chi connectivity index (χ3v) is 4.02. The molecular formula is C16H21N3O2S. The van der Waals surface area contributed by atoms with E-state index in [1.54, 1.807) is 12.1 Å². The number of hydrazine groups is 1. The molecular weight excluding hydrogens is 298 g/mol. The van der Waals surface area contributed by atoms with E-state index in [1.165, 1.54) is 6.42 Å². The molecule has 1 aliphatic carbocycles. The lowest BCUT2D eigenvalue weighted by atomic mass is 9.89. The van der Waals surface area contributed by atoms with Crippen molar-refractivity contribution >= 4 is 29.1 Å². The molecule has 1 aromatic rings. The Labute approximate surface area is 135 Å². The van der Waals surface area contributed by atoms with Gasteiger partial charge < -0.3 is 5.32 Å². The van der Waals surface area contributed by atoms with Crippen molar-refractivity contribution in [3.63, 3.8) is 0 Å². The highest BCUT2D eigenvalue weighted by Gasteiger charge is 2.21. The molecule has 1 aliphatic rings. The number of hydrogen-bond donors (Lipinski definition) is 3. The Morgan fingerprint density at radius 3 is 2.32 bits per heavy atom. The Hall–Kier alpha value is -1.95. The zero-order valence-electron chi connectivity index (χ0n) is 12.6. The Morgan fingerprint density at radius 1 is 1.05 bits per heavy atom. The van der Waals surface area contributed by atoms with Gasteiger partial charge >= 0.3 is 0 Å². The summed E-state index contributed by atoms with van der Waals surface area (Å²) in [6.07, 6.45) is 5.18. The third kappa shape index (κ3) is 4.80. The molecule has 0 spiro atoms. The van der Waals surface area contributed by atoms with Gasteiger partial charge in [0, 0.05) is 11.5 Å². The molecule has 0 heterocycles. The molecule has 0 atom stereocenters. The van der Waals surface area contributed by atoms with Crippen LogP contribution in [0.2, 0.25) is 0 Å². The fourth-order valence-corrected chi connectivity index (χ4v) is 2.65. The lowest BCUT2D eigenvalue weighted by Gasteiger charge is -2.21. The van der Waals surface area contributed by atoms with Gasteiger partial charge in [0.25, 0.3) is 5.91 Å². The predicted octanol–water partition coefficient (Wildman–Crippen LogP) is 2.21. The molecule has 2 rings (SSSR count). The second kappa shape index (κ2) is 7.89. The Bertz CT molecular complexity index is 551. The third-order valence-electron chi connectivity index (χ3n) is 3.82. The summed E-state index contributed by atoms with van der Waals surface area (Å²) >= 11 is 5.03. The molecule has 5 nitrogen and oxygen atoms in total. The maximum Gasteiger partial charge on any atom is 0.269 e. The van der Waals surface area contributed by atoms with Gasteiger partial charge in [-0.15, -0.1) is 0 Å². The van der Waals surface area contributed by atoms with Gasteiger partial charge in [-0.2, -0.15) is 0 Å². The van der Waals surface area contributed by atoms with Crippen molar-refractivity contribution in [2.24, 2.45) is 5.92 Å². The zero-order valence-corrected chi connectivity index (χ0v) is 13.5. The van der Waals surface area contributed by atoms with E-state index in [2.05, 4.69) is 16.2 Å². The van der Waals surface area contributed by atoms with Crippen molar-refractivity contribution in [1.82, 2.24) is 16.2 Å². The standard InChI is InChI=1S/C16H21N3O2S/c1-11-7-9-13(10-8-11)15(21)18-19-16(22)17-14(20)12-5-3-2-4-6-12/h7-10,12H,2-6H2,1H3,(H,18,21)(H2,17,19,20,22). The van der Waals surface area contributed by atoms with E-state index in [0.29, 0.717) is 5.56 Å². The van der Waals surface area contributed by atoms with Crippen molar-refractivity contribution in [2.75, 3.05) is 0 Å². The SMILES string of the molecule is Cc1ccc(C(=O)NNC(=S)NC(=O)C2CCCCC2)cc1. The molecule has 1 saturated carbocycles. The van der Waals surface area contributed by atoms with E-state index in [-0.39, 0.29) is 22.8 Å². The smallest absolute Gasteiger partial charge is 0.269 e. The summed E-state index contributed by atoms with van der Waals surface area (Å²) in [5.74, 6) is -0.336. The van der Waals surface area contributed by atoms with Gasteiger partial charge in [-0.1, -0.05) is 37.0 Å². The molecule has 22 heavy (non-hydrogen) atoms. The maximum atomic E-state index is 12.0. The van der Waals surface area contributed by atoms with Gasteiger partial charge in [-0.25, -0.2) is 0 Å². The summed E-state index contributed by atoms with van der Waals surface area (Å²) in [5.41, 5.74) is 6.66. The van der Waals surface area contributed by atoms with E-state index in [1.807, 2.05) is 19.1 Å². The second-order valence-corrected chi connectivity index (χ2v) is 6.01. The second-order valence-electron chi connectivity index (χ2n) is 5.60. The van der Waals surface area contributed by atoms with E-state index in [4.69, 9.17) is 12.2 Å². The first-order chi connectivity index (χ1) is 10.6. The topological polar surface area (TPSA) is 70.2 Å². The van der Waals surface area contributed by atoms with Crippen LogP contribution in [0.25, 0.3) is 0 Å². The van der Waals surface area contributed by atoms with E-state index >= 15 is 0 Å². The van der Waals surface area contributed by atoms with Crippen LogP contribution in [0.3, 0.4) is 0 Å². The van der Waals surface area contributed by atoms with Crippen LogP contribution in [0, 0.1) is 12.8 Å². The average Bonchev–Trinajstić information content (AvgIpc) is 2.54. The number of nitrogens with one attached hydrogen (secondary N) is 3. The van der Waals surface area contributed by atoms with Crippen LogP contribution in [0.5, 0.6) is 0 Å². The molecule has 0 saturated heterocycles. The minimum atomic E-state index is -0.297. The maximum absolute atomic E-state index is 12.0. The van der Waals surface area contributed by atoms with Gasteiger partial charge in [-0.3, -0.25) is 20.4 Å². The average molecular weight is 319 g/mol. The molecule has 0 unspecified atom stereocenters. The zero-order chi connectivity index (χ0) is 15.9. The van der Waals surface area contributed by atoms with Gasteiger partial charge in [0.15, 0.2) is 5.11 Å². The molecule has 118 valence electrons. The monoisotopic (exact) mass is 319 g/mol. The van der Waals surface area contributed by atoms with E-state index < -0.39 is 0 Å². The number of amides is 2. The van der Waals surface area contributed by atoms with Crippen LogP contribution >= 0.6 is 12.2 Å². The molecule has 1 aromatic carbocycles. The molecule has 0 aliphatic heterocycles. The van der Waals surface area contributed by atoms with Gasteiger partial charge in [0.1, 0.15) is 0 Å². The molecule has 0 bridgehead atoms. The lowest BCUT2D eigenvalue weighted by molar-refractivity contribution is -0.124. The van der Waals surface area contributed by atoms with E-state index in [9.17, 15) is 9.59 Å². The number of aryl methyl sites for hydroxylation is 1. The Balaban J connectivity index is 1.76. The van der Waals surface area contributed by atoms with Crippen molar-refractivity contribution in [3.8, 4) is 0 Å². The highest BCUT2D eigenvalue weighted by Crippen LogP contribution is 2.23. The molecule has 2 amide bonds. The summed E-state index contributed by atoms with van der Waals surface area (Å²) in [4.78, 5) is 23.9. The first-order valence-corrected chi connectivity index (χ1v) is 7.95. The van der Waals surface area contributed by atoms with Crippen molar-refractivity contribution in [1.29, 1.82) is 0 Å². The van der Waals surface area contributed by atoms with E-state index in [0.717, 1.165) is 31.2 Å². The fourth-order valence-electron chi connectivity index (χ4n) is 2.50. The molecule has 0 radical (unpaired) electrons. The summed E-state index contributed by atoms with van der Waals surface area (Å²) < 4.78 is 0. The largest absolute Gasteiger partial charge is 0.302 e. The first-order valence-electron chi connectivity index (χ1n) is 7.54. The number of thiocarbonyl (C=S) groups is 1. The van der Waals surface area contributed by atoms with Crippen LogP contribution in [-0.4, -0.2) is 16.9 Å². The molecule has 3 N–H and O–H groups in total. The number of rotatable bonds is 2. The number of benzene rings is 1. The summed E-state index contributed by atoms with van der Waals surface area (Å²) in [6, 6.07) is 7.18. The lowest BCUT2D eigenvalue weighted by Crippen LogP contribution is -2.49. The van der Waals surface area contributed by atoms with Gasteiger partial charge in [0.2, 0.25) is 5.91 Å². The Kier molecular flexibility index (Phi) is 5.89. The number of carbonyl (C=O) groups excluding carboxylic acids is 2. The summed E-state index contributed by atoms with van der Waals surface area (Å²) in [7, 11) is 0. The first kappa shape index (κ1) is 16.4. The molecule has 1 fully saturated rings. The summed E-state index contributed by atoms with van der Waals surface area (Å²) in [5, 5.41) is 2.75. The quantitative estimate of drug-likeness (QED) is 0.577.